The normalized spacial score (nSPS) is 12.2. The van der Waals surface area contributed by atoms with Crippen LogP contribution in [0, 0.1) is 0 Å². The predicted molar refractivity (Wildman–Crippen MR) is 94.9 cm³/mol. The van der Waals surface area contributed by atoms with Crippen LogP contribution in [0.25, 0.3) is 11.1 Å². The maximum atomic E-state index is 9.79. The summed E-state index contributed by atoms with van der Waals surface area (Å²) in [4.78, 5) is 0. The van der Waals surface area contributed by atoms with Gasteiger partial charge in [0.1, 0.15) is 17.2 Å². The fourth-order valence-electron chi connectivity index (χ4n) is 2.90. The first-order valence-electron chi connectivity index (χ1n) is 7.56. The van der Waals surface area contributed by atoms with E-state index in [1.54, 1.807) is 0 Å². The van der Waals surface area contributed by atoms with Crippen LogP contribution in [-0.2, 0) is 0 Å². The van der Waals surface area contributed by atoms with Crippen molar-refractivity contribution in [1.82, 2.24) is 0 Å². The standard InChI is InChI=1S/C20H14N2O2/c23-14-9-10-19(24)13(11-14)12-21-22-20-17-7-3-1-5-15(17)16-6-2-4-8-18(16)20/h1-12,23-24H/b21-12-. The number of hydrogen-bond donors (Lipinski definition) is 2. The van der Waals surface area contributed by atoms with Crippen LogP contribution in [0.4, 0.5) is 0 Å². The molecule has 0 fully saturated rings. The van der Waals surface area contributed by atoms with Gasteiger partial charge in [-0.3, -0.25) is 0 Å². The Kier molecular flexibility index (Phi) is 3.35. The van der Waals surface area contributed by atoms with Crippen molar-refractivity contribution < 1.29 is 10.2 Å². The van der Waals surface area contributed by atoms with Crippen LogP contribution in [0.5, 0.6) is 11.5 Å². The highest BCUT2D eigenvalue weighted by Gasteiger charge is 2.23. The summed E-state index contributed by atoms with van der Waals surface area (Å²) in [6.45, 7) is 0. The fourth-order valence-corrected chi connectivity index (χ4v) is 2.90. The molecule has 1 aliphatic carbocycles. The summed E-state index contributed by atoms with van der Waals surface area (Å²) in [7, 11) is 0. The largest absolute Gasteiger partial charge is 0.508 e. The van der Waals surface area contributed by atoms with Crippen LogP contribution in [-0.4, -0.2) is 22.1 Å². The second-order valence-electron chi connectivity index (χ2n) is 5.53. The van der Waals surface area contributed by atoms with E-state index in [9.17, 15) is 10.2 Å². The highest BCUT2D eigenvalue weighted by Crippen LogP contribution is 2.36. The average molecular weight is 314 g/mol. The molecule has 4 nitrogen and oxygen atoms in total. The van der Waals surface area contributed by atoms with E-state index in [1.165, 1.54) is 24.4 Å². The van der Waals surface area contributed by atoms with E-state index < -0.39 is 0 Å². The van der Waals surface area contributed by atoms with Gasteiger partial charge in [0.05, 0.1) is 6.21 Å². The maximum Gasteiger partial charge on any atom is 0.124 e. The smallest absolute Gasteiger partial charge is 0.124 e. The van der Waals surface area contributed by atoms with E-state index in [4.69, 9.17) is 0 Å². The molecule has 0 aliphatic heterocycles. The van der Waals surface area contributed by atoms with Gasteiger partial charge in [-0.15, -0.1) is 5.10 Å². The van der Waals surface area contributed by atoms with Crippen LogP contribution in [0.3, 0.4) is 0 Å². The van der Waals surface area contributed by atoms with Gasteiger partial charge in [-0.2, -0.15) is 5.10 Å². The molecule has 0 unspecified atom stereocenters. The predicted octanol–water partition coefficient (Wildman–Crippen LogP) is 3.95. The monoisotopic (exact) mass is 314 g/mol. The van der Waals surface area contributed by atoms with E-state index >= 15 is 0 Å². The van der Waals surface area contributed by atoms with E-state index in [0.29, 0.717) is 5.56 Å². The van der Waals surface area contributed by atoms with Gasteiger partial charge in [-0.1, -0.05) is 48.5 Å². The van der Waals surface area contributed by atoms with Gasteiger partial charge in [0.15, 0.2) is 0 Å². The van der Waals surface area contributed by atoms with Crippen molar-refractivity contribution in [2.45, 2.75) is 0 Å². The minimum absolute atomic E-state index is 0.0453. The zero-order valence-corrected chi connectivity index (χ0v) is 12.7. The van der Waals surface area contributed by atoms with Gasteiger partial charge < -0.3 is 10.2 Å². The number of phenolic OH excluding ortho intramolecular Hbond substituents is 2. The number of benzene rings is 3. The van der Waals surface area contributed by atoms with Crippen LogP contribution in [0.15, 0.2) is 76.9 Å². The Morgan fingerprint density at radius 2 is 1.29 bits per heavy atom. The molecule has 0 saturated carbocycles. The van der Waals surface area contributed by atoms with Crippen molar-refractivity contribution >= 4 is 11.9 Å². The van der Waals surface area contributed by atoms with Crippen LogP contribution in [0.1, 0.15) is 16.7 Å². The Hall–Kier alpha value is -3.40. The Morgan fingerprint density at radius 3 is 1.92 bits per heavy atom. The highest BCUT2D eigenvalue weighted by atomic mass is 16.3. The lowest BCUT2D eigenvalue weighted by Crippen LogP contribution is -1.97. The summed E-state index contributed by atoms with van der Waals surface area (Å²) in [5.41, 5.74) is 5.58. The van der Waals surface area contributed by atoms with Gasteiger partial charge in [-0.05, 0) is 29.3 Å². The SMILES string of the molecule is Oc1ccc(O)c(/C=N\N=C2c3ccccc3-c3ccccc32)c1. The van der Waals surface area contributed by atoms with Gasteiger partial charge in [-0.25, -0.2) is 0 Å². The summed E-state index contributed by atoms with van der Waals surface area (Å²) < 4.78 is 0. The van der Waals surface area contributed by atoms with Crippen molar-refractivity contribution in [1.29, 1.82) is 0 Å². The topological polar surface area (TPSA) is 65.2 Å². The number of fused-ring (bicyclic) bond motifs is 3. The maximum absolute atomic E-state index is 9.79. The third-order valence-electron chi connectivity index (χ3n) is 4.02. The molecule has 0 amide bonds. The lowest BCUT2D eigenvalue weighted by molar-refractivity contribution is 0.459. The van der Waals surface area contributed by atoms with Crippen LogP contribution < -0.4 is 0 Å². The average Bonchev–Trinajstić information content (AvgIpc) is 2.93. The Labute approximate surface area is 139 Å². The van der Waals surface area contributed by atoms with Crippen molar-refractivity contribution in [3.05, 3.63) is 83.4 Å². The molecule has 3 aromatic rings. The van der Waals surface area contributed by atoms with Crippen molar-refractivity contribution in [2.24, 2.45) is 10.2 Å². The number of nitrogens with zero attached hydrogens (tertiary/aromatic N) is 2. The third kappa shape index (κ3) is 2.34. The molecule has 0 heterocycles. The van der Waals surface area contributed by atoms with Gasteiger partial charge in [0.2, 0.25) is 0 Å². The van der Waals surface area contributed by atoms with Crippen molar-refractivity contribution in [3.63, 3.8) is 0 Å². The van der Waals surface area contributed by atoms with E-state index in [-0.39, 0.29) is 11.5 Å². The zero-order chi connectivity index (χ0) is 16.5. The Bertz CT molecular complexity index is 943. The molecular formula is C20H14N2O2. The summed E-state index contributed by atoms with van der Waals surface area (Å²) in [5, 5.41) is 27.8. The molecule has 0 atom stereocenters. The molecule has 0 bridgehead atoms. The van der Waals surface area contributed by atoms with Crippen LogP contribution in [0.2, 0.25) is 0 Å². The molecule has 1 aliphatic rings. The molecule has 0 spiro atoms. The van der Waals surface area contributed by atoms with E-state index in [1.807, 2.05) is 36.4 Å². The minimum Gasteiger partial charge on any atom is -0.508 e. The first kappa shape index (κ1) is 14.2. The molecule has 0 radical (unpaired) electrons. The highest BCUT2D eigenvalue weighted by molar-refractivity contribution is 6.24. The summed E-state index contributed by atoms with van der Waals surface area (Å²) in [5.74, 6) is 0.113. The van der Waals surface area contributed by atoms with Crippen LogP contribution >= 0.6 is 0 Å². The Balaban J connectivity index is 1.77. The first-order chi connectivity index (χ1) is 11.7. The zero-order valence-electron chi connectivity index (χ0n) is 12.7. The molecule has 24 heavy (non-hydrogen) atoms. The Morgan fingerprint density at radius 1 is 0.708 bits per heavy atom. The molecule has 0 aromatic heterocycles. The molecule has 3 aromatic carbocycles. The fraction of sp³-hybridized carbons (Fsp3) is 0. The number of rotatable bonds is 2. The van der Waals surface area contributed by atoms with Gasteiger partial charge >= 0.3 is 0 Å². The first-order valence-corrected chi connectivity index (χ1v) is 7.56. The second kappa shape index (κ2) is 5.66. The molecular weight excluding hydrogens is 300 g/mol. The number of aromatic hydroxyl groups is 2. The van der Waals surface area contributed by atoms with E-state index in [0.717, 1.165) is 28.0 Å². The lowest BCUT2D eigenvalue weighted by atomic mass is 10.1. The summed E-state index contributed by atoms with van der Waals surface area (Å²) >= 11 is 0. The lowest BCUT2D eigenvalue weighted by Gasteiger charge is -2.00. The number of phenols is 2. The summed E-state index contributed by atoms with van der Waals surface area (Å²) in [6, 6.07) is 20.4. The van der Waals surface area contributed by atoms with Crippen molar-refractivity contribution in [2.75, 3.05) is 0 Å². The third-order valence-corrected chi connectivity index (χ3v) is 4.02. The second-order valence-corrected chi connectivity index (χ2v) is 5.53. The molecule has 0 saturated heterocycles. The molecule has 4 heteroatoms. The summed E-state index contributed by atoms with van der Waals surface area (Å²) in [6.07, 6.45) is 1.44. The molecule has 2 N–H and O–H groups in total. The minimum atomic E-state index is 0.0453. The van der Waals surface area contributed by atoms with Gasteiger partial charge in [0, 0.05) is 16.7 Å². The molecule has 4 rings (SSSR count). The van der Waals surface area contributed by atoms with Crippen molar-refractivity contribution in [3.8, 4) is 22.6 Å². The van der Waals surface area contributed by atoms with E-state index in [2.05, 4.69) is 22.3 Å². The quantitative estimate of drug-likeness (QED) is 0.334. The molecule has 116 valence electrons. The van der Waals surface area contributed by atoms with Gasteiger partial charge in [0.25, 0.3) is 0 Å². The number of hydrogen-bond acceptors (Lipinski definition) is 4.